The molecule has 2 N–H and O–H groups in total. The van der Waals surface area contributed by atoms with Crippen molar-refractivity contribution in [2.75, 3.05) is 13.7 Å². The summed E-state index contributed by atoms with van der Waals surface area (Å²) in [7, 11) is 1.68. The minimum atomic E-state index is 0.330. The molecule has 1 aromatic rings. The van der Waals surface area contributed by atoms with Crippen molar-refractivity contribution in [2.45, 2.75) is 38.2 Å². The highest BCUT2D eigenvalue weighted by molar-refractivity contribution is 9.10. The van der Waals surface area contributed by atoms with Gasteiger partial charge in [0.15, 0.2) is 11.5 Å². The number of halogens is 1. The first-order valence-corrected chi connectivity index (χ1v) is 7.27. The Labute approximate surface area is 117 Å². The lowest BCUT2D eigenvalue weighted by atomic mass is 10.1. The second kappa shape index (κ2) is 6.43. The highest BCUT2D eigenvalue weighted by Crippen LogP contribution is 2.37. The highest BCUT2D eigenvalue weighted by Gasteiger charge is 2.20. The quantitative estimate of drug-likeness (QED) is 0.907. The van der Waals surface area contributed by atoms with Crippen LogP contribution in [0.25, 0.3) is 0 Å². The first-order valence-electron chi connectivity index (χ1n) is 6.47. The summed E-state index contributed by atoms with van der Waals surface area (Å²) in [5.41, 5.74) is 6.79. The Morgan fingerprint density at radius 2 is 2.06 bits per heavy atom. The number of hydrogen-bond acceptors (Lipinski definition) is 3. The Hall–Kier alpha value is -0.740. The molecule has 1 aromatic carbocycles. The molecule has 0 bridgehead atoms. The second-order valence-corrected chi connectivity index (χ2v) is 5.57. The van der Waals surface area contributed by atoms with Crippen LogP contribution in [0.15, 0.2) is 16.6 Å². The Morgan fingerprint density at radius 1 is 1.33 bits per heavy atom. The van der Waals surface area contributed by atoms with E-state index in [9.17, 15) is 0 Å². The normalized spacial score (nSPS) is 15.9. The van der Waals surface area contributed by atoms with Crippen molar-refractivity contribution in [1.29, 1.82) is 0 Å². The van der Waals surface area contributed by atoms with Gasteiger partial charge in [0.05, 0.1) is 13.2 Å². The van der Waals surface area contributed by atoms with Gasteiger partial charge in [-0.1, -0.05) is 15.9 Å². The van der Waals surface area contributed by atoms with E-state index in [-0.39, 0.29) is 0 Å². The summed E-state index contributed by atoms with van der Waals surface area (Å²) in [6.07, 6.45) is 5.93. The first-order chi connectivity index (χ1) is 8.74. The summed E-state index contributed by atoms with van der Waals surface area (Å²) in [5, 5.41) is 0. The van der Waals surface area contributed by atoms with E-state index in [1.54, 1.807) is 7.11 Å². The van der Waals surface area contributed by atoms with Gasteiger partial charge in [-0.25, -0.2) is 0 Å². The molecule has 0 spiro atoms. The van der Waals surface area contributed by atoms with Gasteiger partial charge in [-0.2, -0.15) is 0 Å². The maximum Gasteiger partial charge on any atom is 0.164 e. The molecule has 1 saturated carbocycles. The van der Waals surface area contributed by atoms with Crippen LogP contribution in [0.4, 0.5) is 0 Å². The van der Waals surface area contributed by atoms with Gasteiger partial charge in [0.1, 0.15) is 0 Å². The van der Waals surface area contributed by atoms with Crippen LogP contribution in [0.3, 0.4) is 0 Å². The van der Waals surface area contributed by atoms with Crippen molar-refractivity contribution in [3.8, 4) is 11.5 Å². The van der Waals surface area contributed by atoms with Crippen LogP contribution in [0.2, 0.25) is 0 Å². The number of hydrogen-bond donors (Lipinski definition) is 1. The van der Waals surface area contributed by atoms with Crippen LogP contribution >= 0.6 is 15.9 Å². The summed E-state index contributed by atoms with van der Waals surface area (Å²) in [4.78, 5) is 0. The molecule has 1 aliphatic carbocycles. The molecule has 1 aliphatic rings. The molecular weight excluding hydrogens is 294 g/mol. The fourth-order valence-corrected chi connectivity index (χ4v) is 2.91. The summed E-state index contributed by atoms with van der Waals surface area (Å²) >= 11 is 3.49. The molecule has 0 radical (unpaired) electrons. The molecular formula is C14H20BrNO2. The molecule has 100 valence electrons. The molecule has 1 fully saturated rings. The van der Waals surface area contributed by atoms with E-state index in [0.717, 1.165) is 40.8 Å². The van der Waals surface area contributed by atoms with Crippen LogP contribution < -0.4 is 15.2 Å². The molecule has 0 aromatic heterocycles. The van der Waals surface area contributed by atoms with Gasteiger partial charge in [-0.15, -0.1) is 0 Å². The Balaban J connectivity index is 2.28. The molecule has 0 aliphatic heterocycles. The zero-order valence-electron chi connectivity index (χ0n) is 10.7. The van der Waals surface area contributed by atoms with Crippen molar-refractivity contribution in [3.63, 3.8) is 0 Å². The maximum atomic E-state index is 6.13. The van der Waals surface area contributed by atoms with E-state index in [0.29, 0.717) is 12.6 Å². The lowest BCUT2D eigenvalue weighted by molar-refractivity contribution is 0.198. The predicted molar refractivity (Wildman–Crippen MR) is 76.3 cm³/mol. The third-order valence-electron chi connectivity index (χ3n) is 3.32. The van der Waals surface area contributed by atoms with E-state index in [4.69, 9.17) is 15.2 Å². The van der Waals surface area contributed by atoms with Crippen LogP contribution in [-0.4, -0.2) is 19.8 Å². The molecule has 0 amide bonds. The van der Waals surface area contributed by atoms with Crippen molar-refractivity contribution < 1.29 is 9.47 Å². The number of rotatable bonds is 5. The number of benzene rings is 1. The molecule has 2 rings (SSSR count). The fraction of sp³-hybridized carbons (Fsp3) is 0.571. The van der Waals surface area contributed by atoms with Crippen LogP contribution in [-0.2, 0) is 6.42 Å². The van der Waals surface area contributed by atoms with Crippen molar-refractivity contribution in [3.05, 3.63) is 22.2 Å². The minimum Gasteiger partial charge on any atom is -0.493 e. The van der Waals surface area contributed by atoms with Crippen molar-refractivity contribution >= 4 is 15.9 Å². The maximum absolute atomic E-state index is 6.13. The minimum absolute atomic E-state index is 0.330. The average Bonchev–Trinajstić information content (AvgIpc) is 2.85. The van der Waals surface area contributed by atoms with Gasteiger partial charge in [0.2, 0.25) is 0 Å². The number of methoxy groups -OCH3 is 1. The number of nitrogens with two attached hydrogens (primary N) is 1. The van der Waals surface area contributed by atoms with Crippen LogP contribution in [0, 0.1) is 0 Å². The van der Waals surface area contributed by atoms with Gasteiger partial charge in [0, 0.05) is 10.0 Å². The van der Waals surface area contributed by atoms with Gasteiger partial charge in [-0.3, -0.25) is 0 Å². The summed E-state index contributed by atoms with van der Waals surface area (Å²) < 4.78 is 12.6. The smallest absolute Gasteiger partial charge is 0.164 e. The SMILES string of the molecule is COc1cc(Br)cc(CCN)c1OC1CCCC1. The van der Waals surface area contributed by atoms with E-state index in [1.807, 2.05) is 6.07 Å². The van der Waals surface area contributed by atoms with Gasteiger partial charge in [-0.05, 0) is 50.8 Å². The monoisotopic (exact) mass is 313 g/mol. The molecule has 0 unspecified atom stereocenters. The molecule has 3 nitrogen and oxygen atoms in total. The Bertz CT molecular complexity index is 403. The number of ether oxygens (including phenoxy) is 2. The fourth-order valence-electron chi connectivity index (χ4n) is 2.42. The molecule has 0 heterocycles. The lowest BCUT2D eigenvalue weighted by Gasteiger charge is -2.19. The van der Waals surface area contributed by atoms with Crippen molar-refractivity contribution in [1.82, 2.24) is 0 Å². The highest BCUT2D eigenvalue weighted by atomic mass is 79.9. The zero-order chi connectivity index (χ0) is 13.0. The zero-order valence-corrected chi connectivity index (χ0v) is 12.3. The Kier molecular flexibility index (Phi) is 4.89. The molecule has 4 heteroatoms. The largest absolute Gasteiger partial charge is 0.493 e. The first kappa shape index (κ1) is 13.7. The summed E-state index contributed by atoms with van der Waals surface area (Å²) in [6.45, 7) is 0.612. The van der Waals surface area contributed by atoms with Crippen LogP contribution in [0.5, 0.6) is 11.5 Å². The topological polar surface area (TPSA) is 44.5 Å². The van der Waals surface area contributed by atoms with Gasteiger partial charge < -0.3 is 15.2 Å². The summed E-state index contributed by atoms with van der Waals surface area (Å²) in [6, 6.07) is 4.02. The average molecular weight is 314 g/mol. The standard InChI is InChI=1S/C14H20BrNO2/c1-17-13-9-11(15)8-10(6-7-16)14(13)18-12-4-2-3-5-12/h8-9,12H,2-7,16H2,1H3. The third-order valence-corrected chi connectivity index (χ3v) is 3.77. The molecule has 0 atom stereocenters. The van der Waals surface area contributed by atoms with E-state index in [2.05, 4.69) is 22.0 Å². The lowest BCUT2D eigenvalue weighted by Crippen LogP contribution is -2.14. The van der Waals surface area contributed by atoms with E-state index in [1.165, 1.54) is 12.8 Å². The van der Waals surface area contributed by atoms with E-state index >= 15 is 0 Å². The van der Waals surface area contributed by atoms with Gasteiger partial charge in [0.25, 0.3) is 0 Å². The molecule has 18 heavy (non-hydrogen) atoms. The second-order valence-electron chi connectivity index (χ2n) is 4.66. The molecule has 0 saturated heterocycles. The Morgan fingerprint density at radius 3 is 2.67 bits per heavy atom. The third kappa shape index (κ3) is 3.18. The summed E-state index contributed by atoms with van der Waals surface area (Å²) in [5.74, 6) is 1.66. The predicted octanol–water partition coefficient (Wildman–Crippen LogP) is 3.28. The van der Waals surface area contributed by atoms with E-state index < -0.39 is 0 Å². The van der Waals surface area contributed by atoms with Crippen LogP contribution in [0.1, 0.15) is 31.2 Å². The van der Waals surface area contributed by atoms with Gasteiger partial charge >= 0.3 is 0 Å². The van der Waals surface area contributed by atoms with Crippen molar-refractivity contribution in [2.24, 2.45) is 5.73 Å².